The van der Waals surface area contributed by atoms with E-state index in [1.807, 2.05) is 0 Å². The first-order chi connectivity index (χ1) is 4.86. The Labute approximate surface area is 58.2 Å². The van der Waals surface area contributed by atoms with Gasteiger partial charge < -0.3 is 10.2 Å². The second-order valence-electron chi connectivity index (χ2n) is 1.59. The Morgan fingerprint density at radius 3 is 2.70 bits per heavy atom. The third kappa shape index (κ3) is 1.32. The third-order valence-corrected chi connectivity index (χ3v) is 0.985. The number of nitrogens with one attached hydrogen (secondary N) is 1. The van der Waals surface area contributed by atoms with Crippen LogP contribution in [0.3, 0.4) is 0 Å². The molecule has 0 spiro atoms. The Kier molecular flexibility index (Phi) is 2.01. The van der Waals surface area contributed by atoms with Gasteiger partial charge in [-0.25, -0.2) is 15.8 Å². The van der Waals surface area contributed by atoms with E-state index >= 15 is 0 Å². The average Bonchev–Trinajstić information content (AvgIpc) is 2.05. The van der Waals surface area contributed by atoms with Crippen molar-refractivity contribution in [2.45, 2.75) is 0 Å². The predicted molar refractivity (Wildman–Crippen MR) is 36.4 cm³/mol. The number of rotatable bonds is 2. The van der Waals surface area contributed by atoms with Crippen molar-refractivity contribution in [1.29, 1.82) is 0 Å². The minimum atomic E-state index is 0.471. The van der Waals surface area contributed by atoms with E-state index in [4.69, 9.17) is 10.6 Å². The highest BCUT2D eigenvalue weighted by Crippen LogP contribution is 2.03. The van der Waals surface area contributed by atoms with Crippen molar-refractivity contribution in [2.24, 2.45) is 5.84 Å². The van der Waals surface area contributed by atoms with Crippen LogP contribution < -0.4 is 16.0 Å². The molecule has 0 amide bonds. The molecule has 1 heterocycles. The Bertz CT molecular complexity index is 174. The lowest BCUT2D eigenvalue weighted by Crippen LogP contribution is -2.08. The molecule has 0 saturated heterocycles. The zero-order valence-corrected chi connectivity index (χ0v) is 5.53. The van der Waals surface area contributed by atoms with E-state index in [-0.39, 0.29) is 0 Å². The molecule has 54 valence electrons. The largest absolute Gasteiger partial charge is 0.480 e. The van der Waals surface area contributed by atoms with Crippen LogP contribution in [0.1, 0.15) is 0 Å². The summed E-state index contributed by atoms with van der Waals surface area (Å²) in [4.78, 5) is 7.69. The fourth-order valence-electron chi connectivity index (χ4n) is 0.496. The Hall–Kier alpha value is -1.36. The van der Waals surface area contributed by atoms with Crippen molar-refractivity contribution < 1.29 is 4.74 Å². The van der Waals surface area contributed by atoms with Gasteiger partial charge in [0.25, 0.3) is 0 Å². The van der Waals surface area contributed by atoms with Crippen molar-refractivity contribution in [1.82, 2.24) is 9.97 Å². The number of nitrogen functional groups attached to an aromatic ring is 1. The summed E-state index contributed by atoms with van der Waals surface area (Å²) in [7, 11) is 1.53. The minimum absolute atomic E-state index is 0.471. The molecule has 1 aromatic heterocycles. The van der Waals surface area contributed by atoms with E-state index in [9.17, 15) is 0 Å². The Balaban J connectivity index is 2.80. The lowest BCUT2D eigenvalue weighted by Gasteiger charge is -1.98. The van der Waals surface area contributed by atoms with E-state index in [0.29, 0.717) is 11.7 Å². The second kappa shape index (κ2) is 2.98. The number of nitrogens with two attached hydrogens (primary N) is 1. The Morgan fingerprint density at radius 2 is 2.30 bits per heavy atom. The Morgan fingerprint density at radius 1 is 1.50 bits per heavy atom. The van der Waals surface area contributed by atoms with E-state index in [0.717, 1.165) is 0 Å². The van der Waals surface area contributed by atoms with Gasteiger partial charge in [0.2, 0.25) is 5.88 Å². The van der Waals surface area contributed by atoms with Gasteiger partial charge in [0.15, 0.2) is 5.82 Å². The fourth-order valence-corrected chi connectivity index (χ4v) is 0.496. The SMILES string of the molecule is COc1cnc(NN)cn1. The van der Waals surface area contributed by atoms with Crippen molar-refractivity contribution in [2.75, 3.05) is 12.5 Å². The van der Waals surface area contributed by atoms with Crippen LogP contribution in [0.25, 0.3) is 0 Å². The van der Waals surface area contributed by atoms with Crippen molar-refractivity contribution in [3.05, 3.63) is 12.4 Å². The monoisotopic (exact) mass is 140 g/mol. The summed E-state index contributed by atoms with van der Waals surface area (Å²) in [6, 6.07) is 0. The minimum Gasteiger partial charge on any atom is -0.480 e. The van der Waals surface area contributed by atoms with Crippen LogP contribution in [0, 0.1) is 0 Å². The zero-order chi connectivity index (χ0) is 7.40. The smallest absolute Gasteiger partial charge is 0.232 e. The number of anilines is 1. The lowest BCUT2D eigenvalue weighted by molar-refractivity contribution is 0.396. The molecule has 0 radical (unpaired) electrons. The van der Waals surface area contributed by atoms with Gasteiger partial charge in [0, 0.05) is 0 Å². The summed E-state index contributed by atoms with van der Waals surface area (Å²) in [6.45, 7) is 0. The first kappa shape index (κ1) is 6.76. The number of methoxy groups -OCH3 is 1. The standard InChI is InChI=1S/C5H8N4O/c1-10-5-3-7-4(9-6)2-8-5/h2-3H,6H2,1H3,(H,7,9). The van der Waals surface area contributed by atoms with Crippen LogP contribution in [0.2, 0.25) is 0 Å². The van der Waals surface area contributed by atoms with Gasteiger partial charge in [0.05, 0.1) is 19.5 Å². The molecule has 5 nitrogen and oxygen atoms in total. The summed E-state index contributed by atoms with van der Waals surface area (Å²) in [5.74, 6) is 6.03. The summed E-state index contributed by atoms with van der Waals surface area (Å²) >= 11 is 0. The molecule has 5 heteroatoms. The number of nitrogens with zero attached hydrogens (tertiary/aromatic N) is 2. The van der Waals surface area contributed by atoms with E-state index < -0.39 is 0 Å². The van der Waals surface area contributed by atoms with Gasteiger partial charge in [0.1, 0.15) is 0 Å². The lowest BCUT2D eigenvalue weighted by atomic mass is 10.7. The molecule has 0 bridgehead atoms. The highest BCUT2D eigenvalue weighted by Gasteiger charge is 1.91. The summed E-state index contributed by atoms with van der Waals surface area (Å²) < 4.78 is 4.77. The predicted octanol–water partition coefficient (Wildman–Crippen LogP) is -0.229. The quantitative estimate of drug-likeness (QED) is 0.438. The van der Waals surface area contributed by atoms with Gasteiger partial charge in [-0.1, -0.05) is 0 Å². The topological polar surface area (TPSA) is 73.1 Å². The molecule has 0 saturated carbocycles. The van der Waals surface area contributed by atoms with Crippen molar-refractivity contribution >= 4 is 5.82 Å². The molecule has 0 aliphatic heterocycles. The summed E-state index contributed by atoms with van der Waals surface area (Å²) in [5, 5.41) is 0. The van der Waals surface area contributed by atoms with Crippen LogP contribution >= 0.6 is 0 Å². The van der Waals surface area contributed by atoms with Gasteiger partial charge in [-0.15, -0.1) is 0 Å². The summed E-state index contributed by atoms with van der Waals surface area (Å²) in [5.41, 5.74) is 2.35. The highest BCUT2D eigenvalue weighted by atomic mass is 16.5. The van der Waals surface area contributed by atoms with E-state index in [1.54, 1.807) is 0 Å². The molecule has 0 atom stereocenters. The van der Waals surface area contributed by atoms with Gasteiger partial charge in [-0.3, -0.25) is 0 Å². The normalized spacial score (nSPS) is 9.00. The molecule has 3 N–H and O–H groups in total. The molecule has 10 heavy (non-hydrogen) atoms. The molecule has 0 aromatic carbocycles. The number of hydrazine groups is 1. The fraction of sp³-hybridized carbons (Fsp3) is 0.200. The first-order valence-electron chi connectivity index (χ1n) is 2.69. The maximum absolute atomic E-state index is 5.05. The summed E-state index contributed by atoms with van der Waals surface area (Å²) in [6.07, 6.45) is 2.97. The molecule has 1 aromatic rings. The second-order valence-corrected chi connectivity index (χ2v) is 1.59. The molecule has 0 fully saturated rings. The van der Waals surface area contributed by atoms with Crippen LogP contribution in [-0.4, -0.2) is 17.1 Å². The molecule has 1 rings (SSSR count). The molecular weight excluding hydrogens is 132 g/mol. The van der Waals surface area contributed by atoms with Crippen LogP contribution in [0.5, 0.6) is 5.88 Å². The van der Waals surface area contributed by atoms with E-state index in [1.165, 1.54) is 19.5 Å². The maximum atomic E-state index is 5.05. The number of aromatic nitrogens is 2. The first-order valence-corrected chi connectivity index (χ1v) is 2.69. The van der Waals surface area contributed by atoms with E-state index in [2.05, 4.69) is 15.4 Å². The number of ether oxygens (including phenoxy) is 1. The van der Waals surface area contributed by atoms with Crippen molar-refractivity contribution in [3.8, 4) is 5.88 Å². The van der Waals surface area contributed by atoms with Crippen molar-refractivity contribution in [3.63, 3.8) is 0 Å². The molecular formula is C5H8N4O. The van der Waals surface area contributed by atoms with Crippen LogP contribution in [0.4, 0.5) is 5.82 Å². The maximum Gasteiger partial charge on any atom is 0.232 e. The third-order valence-electron chi connectivity index (χ3n) is 0.985. The number of hydrogen-bond donors (Lipinski definition) is 2. The zero-order valence-electron chi connectivity index (χ0n) is 5.53. The average molecular weight is 140 g/mol. The van der Waals surface area contributed by atoms with Gasteiger partial charge in [-0.05, 0) is 0 Å². The highest BCUT2D eigenvalue weighted by molar-refractivity contribution is 5.29. The molecule has 0 unspecified atom stereocenters. The van der Waals surface area contributed by atoms with Crippen LogP contribution in [0.15, 0.2) is 12.4 Å². The number of hydrogen-bond acceptors (Lipinski definition) is 5. The molecule has 0 aliphatic carbocycles. The molecule has 0 aliphatic rings. The van der Waals surface area contributed by atoms with Gasteiger partial charge >= 0.3 is 0 Å². The van der Waals surface area contributed by atoms with Gasteiger partial charge in [-0.2, -0.15) is 0 Å². The van der Waals surface area contributed by atoms with Crippen LogP contribution in [-0.2, 0) is 0 Å².